The molecule has 0 aliphatic heterocycles. The topological polar surface area (TPSA) is 64.3 Å². The van der Waals surface area contributed by atoms with E-state index in [9.17, 15) is 0 Å². The van der Waals surface area contributed by atoms with E-state index in [0.29, 0.717) is 6.54 Å². The van der Waals surface area contributed by atoms with Crippen LogP contribution in [0.1, 0.15) is 5.56 Å². The zero-order chi connectivity index (χ0) is 16.1. The molecule has 0 saturated heterocycles. The Balaban J connectivity index is 2.17. The molecule has 0 bridgehead atoms. The van der Waals surface area contributed by atoms with Crippen molar-refractivity contribution in [2.75, 3.05) is 12.0 Å². The quantitative estimate of drug-likeness (QED) is 0.782. The molecule has 0 aliphatic rings. The summed E-state index contributed by atoms with van der Waals surface area (Å²) in [5, 5.41) is 0. The van der Waals surface area contributed by atoms with Crippen LogP contribution in [0.2, 0.25) is 0 Å². The van der Waals surface area contributed by atoms with Crippen LogP contribution in [0.25, 0.3) is 0 Å². The van der Waals surface area contributed by atoms with Crippen LogP contribution in [0.3, 0.4) is 0 Å². The number of aromatic nitrogens is 2. The Labute approximate surface area is 135 Å². The fourth-order valence-corrected chi connectivity index (χ4v) is 2.46. The summed E-state index contributed by atoms with van der Waals surface area (Å²) in [5.74, 6) is 1.57. The molecule has 0 amide bonds. The van der Waals surface area contributed by atoms with Gasteiger partial charge < -0.3 is 10.5 Å². The van der Waals surface area contributed by atoms with Crippen molar-refractivity contribution in [3.8, 4) is 5.75 Å². The number of hydrogen-bond acceptors (Lipinski definition) is 5. The van der Waals surface area contributed by atoms with E-state index in [1.54, 1.807) is 13.3 Å². The van der Waals surface area contributed by atoms with Crippen molar-refractivity contribution in [1.82, 2.24) is 9.97 Å². The van der Waals surface area contributed by atoms with Crippen LogP contribution in [-0.2, 0) is 6.54 Å². The lowest BCUT2D eigenvalue weighted by molar-refractivity contribution is 0.414. The zero-order valence-corrected chi connectivity index (χ0v) is 12.9. The molecular formula is C18H18N4O. The standard InChI is InChI=1S/C18H18N4O/c1-23-16-7-8-17(14(11-16)12-19)22(15-5-3-2-4-6-15)18-9-10-20-13-21-18/h2-11,13H,12,19H2,1H3. The highest BCUT2D eigenvalue weighted by atomic mass is 16.5. The van der Waals surface area contributed by atoms with E-state index < -0.39 is 0 Å². The van der Waals surface area contributed by atoms with E-state index in [2.05, 4.69) is 14.9 Å². The molecule has 0 aliphatic carbocycles. The summed E-state index contributed by atoms with van der Waals surface area (Å²) in [6.45, 7) is 0.404. The van der Waals surface area contributed by atoms with Gasteiger partial charge in [-0.15, -0.1) is 0 Å². The lowest BCUT2D eigenvalue weighted by atomic mass is 10.1. The maximum atomic E-state index is 5.95. The van der Waals surface area contributed by atoms with Crippen molar-refractivity contribution in [2.45, 2.75) is 6.54 Å². The summed E-state index contributed by atoms with van der Waals surface area (Å²) < 4.78 is 5.30. The Morgan fingerprint density at radius 3 is 2.57 bits per heavy atom. The van der Waals surface area contributed by atoms with Gasteiger partial charge in [0.2, 0.25) is 0 Å². The van der Waals surface area contributed by atoms with Gasteiger partial charge >= 0.3 is 0 Å². The summed E-state index contributed by atoms with van der Waals surface area (Å²) in [6.07, 6.45) is 3.26. The maximum Gasteiger partial charge on any atom is 0.140 e. The molecule has 3 aromatic rings. The van der Waals surface area contributed by atoms with Crippen LogP contribution >= 0.6 is 0 Å². The number of ether oxygens (including phenoxy) is 1. The molecule has 5 nitrogen and oxygen atoms in total. The third-order valence-electron chi connectivity index (χ3n) is 3.56. The molecule has 0 atom stereocenters. The number of anilines is 3. The molecule has 0 spiro atoms. The number of hydrogen-bond donors (Lipinski definition) is 1. The molecule has 5 heteroatoms. The van der Waals surface area contributed by atoms with E-state index in [0.717, 1.165) is 28.5 Å². The SMILES string of the molecule is COc1ccc(N(c2ccccc2)c2ccncn2)c(CN)c1. The average molecular weight is 306 g/mol. The summed E-state index contributed by atoms with van der Waals surface area (Å²) in [4.78, 5) is 10.5. The predicted octanol–water partition coefficient (Wildman–Crippen LogP) is 3.41. The summed E-state index contributed by atoms with van der Waals surface area (Å²) in [6, 6.07) is 17.8. The van der Waals surface area contributed by atoms with Crippen molar-refractivity contribution in [3.63, 3.8) is 0 Å². The smallest absolute Gasteiger partial charge is 0.140 e. The fraction of sp³-hybridized carbons (Fsp3) is 0.111. The first-order valence-corrected chi connectivity index (χ1v) is 7.31. The highest BCUT2D eigenvalue weighted by Crippen LogP contribution is 2.36. The van der Waals surface area contributed by atoms with Crippen molar-refractivity contribution < 1.29 is 4.74 Å². The first-order valence-electron chi connectivity index (χ1n) is 7.31. The van der Waals surface area contributed by atoms with E-state index in [1.807, 2.05) is 54.6 Å². The number of nitrogens with two attached hydrogens (primary N) is 1. The van der Waals surface area contributed by atoms with E-state index in [-0.39, 0.29) is 0 Å². The lowest BCUT2D eigenvalue weighted by Crippen LogP contribution is -2.15. The molecule has 3 rings (SSSR count). The number of para-hydroxylation sites is 1. The van der Waals surface area contributed by atoms with Gasteiger partial charge in [-0.05, 0) is 42.0 Å². The van der Waals surface area contributed by atoms with E-state index in [1.165, 1.54) is 6.33 Å². The largest absolute Gasteiger partial charge is 0.497 e. The second kappa shape index (κ2) is 6.89. The summed E-state index contributed by atoms with van der Waals surface area (Å²) >= 11 is 0. The molecular weight excluding hydrogens is 288 g/mol. The summed E-state index contributed by atoms with van der Waals surface area (Å²) in [5.41, 5.74) is 8.91. The van der Waals surface area contributed by atoms with Crippen molar-refractivity contribution in [3.05, 3.63) is 72.7 Å². The number of nitrogens with zero attached hydrogens (tertiary/aromatic N) is 3. The van der Waals surface area contributed by atoms with Gasteiger partial charge in [-0.2, -0.15) is 0 Å². The molecule has 2 aromatic carbocycles. The van der Waals surface area contributed by atoms with Crippen LogP contribution in [-0.4, -0.2) is 17.1 Å². The molecule has 0 unspecified atom stereocenters. The molecule has 0 saturated carbocycles. The zero-order valence-electron chi connectivity index (χ0n) is 12.9. The number of methoxy groups -OCH3 is 1. The average Bonchev–Trinajstić information content (AvgIpc) is 2.64. The Bertz CT molecular complexity index is 723. The van der Waals surface area contributed by atoms with Crippen molar-refractivity contribution in [2.24, 2.45) is 5.73 Å². The third-order valence-corrected chi connectivity index (χ3v) is 3.56. The minimum atomic E-state index is 0.404. The minimum absolute atomic E-state index is 0.404. The van der Waals surface area contributed by atoms with Gasteiger partial charge in [-0.3, -0.25) is 4.90 Å². The van der Waals surface area contributed by atoms with Crippen molar-refractivity contribution in [1.29, 1.82) is 0 Å². The predicted molar refractivity (Wildman–Crippen MR) is 91.2 cm³/mol. The molecule has 116 valence electrons. The van der Waals surface area contributed by atoms with Crippen LogP contribution in [0.4, 0.5) is 17.2 Å². The van der Waals surface area contributed by atoms with E-state index in [4.69, 9.17) is 10.5 Å². The van der Waals surface area contributed by atoms with Crippen LogP contribution in [0.5, 0.6) is 5.75 Å². The number of rotatable bonds is 5. The monoisotopic (exact) mass is 306 g/mol. The number of benzene rings is 2. The highest BCUT2D eigenvalue weighted by Gasteiger charge is 2.16. The first kappa shape index (κ1) is 15.0. The van der Waals surface area contributed by atoms with Crippen molar-refractivity contribution >= 4 is 17.2 Å². The lowest BCUT2D eigenvalue weighted by Gasteiger charge is -2.26. The highest BCUT2D eigenvalue weighted by molar-refractivity contribution is 5.76. The fourth-order valence-electron chi connectivity index (χ4n) is 2.46. The second-order valence-corrected chi connectivity index (χ2v) is 4.94. The normalized spacial score (nSPS) is 10.3. The van der Waals surface area contributed by atoms with Crippen LogP contribution < -0.4 is 15.4 Å². The summed E-state index contributed by atoms with van der Waals surface area (Å²) in [7, 11) is 1.65. The first-order chi connectivity index (χ1) is 11.3. The van der Waals surface area contributed by atoms with Gasteiger partial charge in [0, 0.05) is 18.4 Å². The van der Waals surface area contributed by atoms with E-state index >= 15 is 0 Å². The maximum absolute atomic E-state index is 5.95. The Morgan fingerprint density at radius 2 is 1.91 bits per heavy atom. The van der Waals surface area contributed by atoms with Gasteiger partial charge in [-0.1, -0.05) is 18.2 Å². The molecule has 1 heterocycles. The van der Waals surface area contributed by atoms with Crippen LogP contribution in [0.15, 0.2) is 67.1 Å². The van der Waals surface area contributed by atoms with Gasteiger partial charge in [0.25, 0.3) is 0 Å². The molecule has 0 fully saturated rings. The third kappa shape index (κ3) is 3.14. The molecule has 0 radical (unpaired) electrons. The molecule has 1 aromatic heterocycles. The van der Waals surface area contributed by atoms with Gasteiger partial charge in [-0.25, -0.2) is 9.97 Å². The van der Waals surface area contributed by atoms with Gasteiger partial charge in [0.15, 0.2) is 0 Å². The van der Waals surface area contributed by atoms with Gasteiger partial charge in [0.05, 0.1) is 12.8 Å². The second-order valence-electron chi connectivity index (χ2n) is 4.94. The Hall–Kier alpha value is -2.92. The van der Waals surface area contributed by atoms with Crippen LogP contribution in [0, 0.1) is 0 Å². The molecule has 2 N–H and O–H groups in total. The minimum Gasteiger partial charge on any atom is -0.497 e. The Kier molecular flexibility index (Phi) is 4.49. The molecule has 23 heavy (non-hydrogen) atoms. The van der Waals surface area contributed by atoms with Gasteiger partial charge in [0.1, 0.15) is 17.9 Å². The Morgan fingerprint density at radius 1 is 1.09 bits per heavy atom.